The maximum atomic E-state index is 9.06. The average molecular weight is 292 g/mol. The number of thioether (sulfide) groups is 1. The van der Waals surface area contributed by atoms with E-state index in [1.165, 1.54) is 12.2 Å². The zero-order chi connectivity index (χ0) is 13.2. The van der Waals surface area contributed by atoms with Crippen LogP contribution in [0.15, 0.2) is 18.2 Å². The number of imidazole rings is 1. The summed E-state index contributed by atoms with van der Waals surface area (Å²) in [4.78, 5) is 4.68. The molecule has 98 valence electrons. The Morgan fingerprint density at radius 2 is 2.42 bits per heavy atom. The van der Waals surface area contributed by atoms with Crippen molar-refractivity contribution in [3.05, 3.63) is 29.6 Å². The molecule has 1 aliphatic rings. The van der Waals surface area contributed by atoms with Gasteiger partial charge in [0.25, 0.3) is 0 Å². The molecular formula is C14H14ClN3S. The molecule has 0 aliphatic carbocycles. The van der Waals surface area contributed by atoms with Gasteiger partial charge in [0.15, 0.2) is 0 Å². The van der Waals surface area contributed by atoms with Gasteiger partial charge in [-0.1, -0.05) is 0 Å². The molecule has 1 unspecified atom stereocenters. The summed E-state index contributed by atoms with van der Waals surface area (Å²) in [6.45, 7) is 0. The van der Waals surface area contributed by atoms with Crippen molar-refractivity contribution in [1.82, 2.24) is 9.55 Å². The molecule has 0 spiro atoms. The van der Waals surface area contributed by atoms with Gasteiger partial charge in [0.2, 0.25) is 0 Å². The van der Waals surface area contributed by atoms with Gasteiger partial charge in [-0.25, -0.2) is 4.98 Å². The van der Waals surface area contributed by atoms with Crippen molar-refractivity contribution in [1.29, 1.82) is 5.26 Å². The molecule has 0 radical (unpaired) electrons. The Morgan fingerprint density at radius 3 is 3.11 bits per heavy atom. The van der Waals surface area contributed by atoms with Crippen LogP contribution in [0.4, 0.5) is 0 Å². The molecule has 1 aromatic heterocycles. The summed E-state index contributed by atoms with van der Waals surface area (Å²) < 4.78 is 2.30. The molecule has 1 aliphatic heterocycles. The molecule has 1 aromatic carbocycles. The predicted octanol–water partition coefficient (Wildman–Crippen LogP) is 3.37. The van der Waals surface area contributed by atoms with Crippen LogP contribution in [0.2, 0.25) is 0 Å². The second-order valence-electron chi connectivity index (χ2n) is 4.67. The van der Waals surface area contributed by atoms with Crippen LogP contribution < -0.4 is 0 Å². The van der Waals surface area contributed by atoms with Crippen LogP contribution in [0.1, 0.15) is 23.9 Å². The molecule has 2 heterocycles. The van der Waals surface area contributed by atoms with Gasteiger partial charge in [0.1, 0.15) is 5.82 Å². The molecule has 1 saturated heterocycles. The van der Waals surface area contributed by atoms with Crippen molar-refractivity contribution in [2.24, 2.45) is 0 Å². The van der Waals surface area contributed by atoms with Crippen LogP contribution >= 0.6 is 23.4 Å². The van der Waals surface area contributed by atoms with E-state index in [0.29, 0.717) is 17.5 Å². The quantitative estimate of drug-likeness (QED) is 0.814. The summed E-state index contributed by atoms with van der Waals surface area (Å²) in [5.41, 5.74) is 2.74. The zero-order valence-corrected chi connectivity index (χ0v) is 12.0. The topological polar surface area (TPSA) is 41.6 Å². The standard InChI is InChI=1S/C14H14ClN3S/c15-5-3-14-17-12-2-1-10(8-16)7-13(12)18(14)11-4-6-19-9-11/h1-2,7,11H,3-6,9H2. The van der Waals surface area contributed by atoms with Gasteiger partial charge in [0.05, 0.1) is 22.7 Å². The summed E-state index contributed by atoms with van der Waals surface area (Å²) >= 11 is 7.87. The summed E-state index contributed by atoms with van der Waals surface area (Å²) in [5.74, 6) is 3.95. The number of aromatic nitrogens is 2. The maximum Gasteiger partial charge on any atom is 0.111 e. The number of fused-ring (bicyclic) bond motifs is 1. The van der Waals surface area contributed by atoms with Crippen molar-refractivity contribution >= 4 is 34.4 Å². The predicted molar refractivity (Wildman–Crippen MR) is 79.9 cm³/mol. The van der Waals surface area contributed by atoms with Crippen LogP contribution in [-0.4, -0.2) is 26.9 Å². The van der Waals surface area contributed by atoms with Crippen molar-refractivity contribution in [2.45, 2.75) is 18.9 Å². The van der Waals surface area contributed by atoms with E-state index < -0.39 is 0 Å². The average Bonchev–Trinajstić information content (AvgIpc) is 3.04. The fourth-order valence-electron chi connectivity index (χ4n) is 2.61. The fourth-order valence-corrected chi connectivity index (χ4v) is 3.97. The largest absolute Gasteiger partial charge is 0.324 e. The van der Waals surface area contributed by atoms with Gasteiger partial charge in [0, 0.05) is 24.1 Å². The smallest absolute Gasteiger partial charge is 0.111 e. The monoisotopic (exact) mass is 291 g/mol. The lowest BCUT2D eigenvalue weighted by Crippen LogP contribution is -2.12. The molecule has 1 atom stereocenters. The Labute approximate surface area is 121 Å². The highest BCUT2D eigenvalue weighted by atomic mass is 35.5. The number of aryl methyl sites for hydroxylation is 1. The first kappa shape index (κ1) is 12.8. The number of halogens is 1. The van der Waals surface area contributed by atoms with Gasteiger partial charge in [-0.15, -0.1) is 11.6 Å². The first-order valence-electron chi connectivity index (χ1n) is 6.38. The van der Waals surface area contributed by atoms with Crippen LogP contribution in [0.3, 0.4) is 0 Å². The number of hydrogen-bond donors (Lipinski definition) is 0. The van der Waals surface area contributed by atoms with E-state index in [1.54, 1.807) is 0 Å². The van der Waals surface area contributed by atoms with Crippen LogP contribution in [-0.2, 0) is 6.42 Å². The third kappa shape index (κ3) is 2.33. The summed E-state index contributed by atoms with van der Waals surface area (Å²) in [7, 11) is 0. The molecule has 0 saturated carbocycles. The molecule has 5 heteroatoms. The Kier molecular flexibility index (Phi) is 3.67. The highest BCUT2D eigenvalue weighted by molar-refractivity contribution is 7.99. The lowest BCUT2D eigenvalue weighted by molar-refractivity contribution is 0.552. The van der Waals surface area contributed by atoms with Gasteiger partial charge in [-0.05, 0) is 30.4 Å². The normalized spacial score (nSPS) is 18.8. The lowest BCUT2D eigenvalue weighted by atomic mass is 10.2. The number of benzene rings is 1. The van der Waals surface area contributed by atoms with Crippen LogP contribution in [0.5, 0.6) is 0 Å². The van der Waals surface area contributed by atoms with Gasteiger partial charge >= 0.3 is 0 Å². The number of nitriles is 1. The van der Waals surface area contributed by atoms with E-state index in [9.17, 15) is 0 Å². The molecule has 3 nitrogen and oxygen atoms in total. The number of nitrogens with zero attached hydrogens (tertiary/aromatic N) is 3. The fraction of sp³-hybridized carbons (Fsp3) is 0.429. The van der Waals surface area contributed by atoms with Crippen molar-refractivity contribution in [3.63, 3.8) is 0 Å². The van der Waals surface area contributed by atoms with Gasteiger partial charge in [-0.2, -0.15) is 17.0 Å². The molecule has 2 aromatic rings. The summed E-state index contributed by atoms with van der Waals surface area (Å²) in [6, 6.07) is 8.40. The van der Waals surface area contributed by atoms with E-state index in [0.717, 1.165) is 29.0 Å². The molecule has 0 amide bonds. The van der Waals surface area contributed by atoms with Crippen LogP contribution in [0, 0.1) is 11.3 Å². The molecule has 1 fully saturated rings. The van der Waals surface area contributed by atoms with E-state index in [1.807, 2.05) is 30.0 Å². The highest BCUT2D eigenvalue weighted by Crippen LogP contribution is 2.32. The van der Waals surface area contributed by atoms with Crippen molar-refractivity contribution < 1.29 is 0 Å². The van der Waals surface area contributed by atoms with E-state index in [4.69, 9.17) is 16.9 Å². The molecule has 0 N–H and O–H groups in total. The maximum absolute atomic E-state index is 9.06. The summed E-state index contributed by atoms with van der Waals surface area (Å²) in [5, 5.41) is 9.06. The van der Waals surface area contributed by atoms with E-state index >= 15 is 0 Å². The third-order valence-electron chi connectivity index (χ3n) is 3.48. The van der Waals surface area contributed by atoms with E-state index in [-0.39, 0.29) is 0 Å². The Balaban J connectivity index is 2.17. The van der Waals surface area contributed by atoms with Crippen LogP contribution in [0.25, 0.3) is 11.0 Å². The minimum absolute atomic E-state index is 0.488. The Morgan fingerprint density at radius 1 is 1.53 bits per heavy atom. The van der Waals surface area contributed by atoms with Crippen molar-refractivity contribution in [2.75, 3.05) is 17.4 Å². The Hall–Kier alpha value is -1.18. The van der Waals surface area contributed by atoms with Gasteiger partial charge in [-0.3, -0.25) is 0 Å². The SMILES string of the molecule is N#Cc1ccc2nc(CCCl)n(C3CCSC3)c2c1. The minimum atomic E-state index is 0.488. The second-order valence-corrected chi connectivity index (χ2v) is 6.20. The highest BCUT2D eigenvalue weighted by Gasteiger charge is 2.22. The number of rotatable bonds is 3. The molecule has 19 heavy (non-hydrogen) atoms. The first-order chi connectivity index (χ1) is 9.33. The molecular weight excluding hydrogens is 278 g/mol. The lowest BCUT2D eigenvalue weighted by Gasteiger charge is -2.15. The number of alkyl halides is 1. The zero-order valence-electron chi connectivity index (χ0n) is 10.5. The van der Waals surface area contributed by atoms with E-state index in [2.05, 4.69) is 15.6 Å². The van der Waals surface area contributed by atoms with Crippen molar-refractivity contribution in [3.8, 4) is 6.07 Å². The minimum Gasteiger partial charge on any atom is -0.324 e. The summed E-state index contributed by atoms with van der Waals surface area (Å²) in [6.07, 6.45) is 1.95. The van der Waals surface area contributed by atoms with Gasteiger partial charge < -0.3 is 4.57 Å². The Bertz CT molecular complexity index is 638. The second kappa shape index (κ2) is 5.44. The molecule has 3 rings (SSSR count). The molecule has 0 bridgehead atoms. The third-order valence-corrected chi connectivity index (χ3v) is 4.81. The first-order valence-corrected chi connectivity index (χ1v) is 8.07. The number of hydrogen-bond acceptors (Lipinski definition) is 3.